The predicted molar refractivity (Wildman–Crippen MR) is 66.3 cm³/mol. The van der Waals surface area contributed by atoms with Gasteiger partial charge in [-0.15, -0.1) is 0 Å². The maximum absolute atomic E-state index is 11.9. The Morgan fingerprint density at radius 3 is 3.33 bits per heavy atom. The molecule has 1 fully saturated rings. The summed E-state index contributed by atoms with van der Waals surface area (Å²) in [5, 5.41) is 7.06. The Morgan fingerprint density at radius 1 is 1.72 bits per heavy atom. The molecule has 1 saturated heterocycles. The fraction of sp³-hybridized carbons (Fsp3) is 0.667. The Hall–Kier alpha value is -1.40. The molecule has 1 unspecified atom stereocenters. The van der Waals surface area contributed by atoms with Crippen LogP contribution >= 0.6 is 0 Å². The summed E-state index contributed by atoms with van der Waals surface area (Å²) in [7, 11) is 1.65. The van der Waals surface area contributed by atoms with Crippen LogP contribution in [-0.4, -0.2) is 42.6 Å². The van der Waals surface area contributed by atoms with Crippen LogP contribution in [0.3, 0.4) is 0 Å². The van der Waals surface area contributed by atoms with E-state index in [1.807, 2.05) is 6.20 Å². The maximum Gasteiger partial charge on any atom is 0.231 e. The molecule has 2 heterocycles. The fourth-order valence-electron chi connectivity index (χ4n) is 1.91. The van der Waals surface area contributed by atoms with Gasteiger partial charge in [0.05, 0.1) is 25.7 Å². The van der Waals surface area contributed by atoms with E-state index in [0.717, 1.165) is 19.4 Å². The van der Waals surface area contributed by atoms with Gasteiger partial charge in [-0.25, -0.2) is 0 Å². The highest BCUT2D eigenvalue weighted by Crippen LogP contribution is 2.15. The van der Waals surface area contributed by atoms with Crippen LogP contribution < -0.4 is 5.32 Å². The summed E-state index contributed by atoms with van der Waals surface area (Å²) in [4.78, 5) is 11.9. The second-order valence-corrected chi connectivity index (χ2v) is 4.36. The van der Waals surface area contributed by atoms with Gasteiger partial charge in [-0.2, -0.15) is 5.10 Å². The summed E-state index contributed by atoms with van der Waals surface area (Å²) in [6.07, 6.45) is 3.66. The van der Waals surface area contributed by atoms with Crippen LogP contribution in [0.2, 0.25) is 0 Å². The lowest BCUT2D eigenvalue weighted by Crippen LogP contribution is -2.30. The molecule has 1 aromatic heterocycles. The molecule has 0 spiro atoms. The number of methoxy groups -OCH3 is 1. The maximum atomic E-state index is 11.9. The second kappa shape index (κ2) is 6.51. The van der Waals surface area contributed by atoms with Crippen LogP contribution in [-0.2, 0) is 20.8 Å². The van der Waals surface area contributed by atoms with Crippen molar-refractivity contribution in [3.8, 4) is 0 Å². The van der Waals surface area contributed by atoms with Crippen molar-refractivity contribution in [1.29, 1.82) is 0 Å². The molecule has 0 aromatic carbocycles. The van der Waals surface area contributed by atoms with E-state index >= 15 is 0 Å². The third-order valence-electron chi connectivity index (χ3n) is 2.95. The van der Waals surface area contributed by atoms with Crippen LogP contribution in [0.25, 0.3) is 0 Å². The Labute approximate surface area is 106 Å². The van der Waals surface area contributed by atoms with Gasteiger partial charge >= 0.3 is 0 Å². The van der Waals surface area contributed by atoms with Crippen molar-refractivity contribution in [3.63, 3.8) is 0 Å². The van der Waals surface area contributed by atoms with E-state index in [1.54, 1.807) is 17.9 Å². The Morgan fingerprint density at radius 2 is 2.61 bits per heavy atom. The first kappa shape index (κ1) is 13.0. The van der Waals surface area contributed by atoms with Gasteiger partial charge in [0.15, 0.2) is 5.82 Å². The van der Waals surface area contributed by atoms with E-state index in [0.29, 0.717) is 25.6 Å². The Balaban J connectivity index is 1.84. The summed E-state index contributed by atoms with van der Waals surface area (Å²) in [5.74, 6) is 0.524. The van der Waals surface area contributed by atoms with Gasteiger partial charge in [-0.05, 0) is 12.8 Å². The zero-order valence-electron chi connectivity index (χ0n) is 10.6. The molecule has 0 radical (unpaired) electrons. The fourth-order valence-corrected chi connectivity index (χ4v) is 1.91. The molecule has 1 atom stereocenters. The number of rotatable bonds is 5. The smallest absolute Gasteiger partial charge is 0.231 e. The monoisotopic (exact) mass is 253 g/mol. The van der Waals surface area contributed by atoms with Crippen molar-refractivity contribution in [1.82, 2.24) is 9.78 Å². The third kappa shape index (κ3) is 3.54. The first-order valence-electron chi connectivity index (χ1n) is 6.20. The molecule has 1 aromatic rings. The van der Waals surface area contributed by atoms with Gasteiger partial charge in [0.2, 0.25) is 5.91 Å². The van der Waals surface area contributed by atoms with Gasteiger partial charge in [0.25, 0.3) is 0 Å². The lowest BCUT2D eigenvalue weighted by Gasteiger charge is -2.20. The van der Waals surface area contributed by atoms with Crippen molar-refractivity contribution < 1.29 is 14.3 Å². The van der Waals surface area contributed by atoms with Crippen LogP contribution in [0.4, 0.5) is 5.82 Å². The molecule has 6 nitrogen and oxygen atoms in total. The van der Waals surface area contributed by atoms with Gasteiger partial charge < -0.3 is 14.8 Å². The zero-order chi connectivity index (χ0) is 12.8. The lowest BCUT2D eigenvalue weighted by molar-refractivity contribution is -0.123. The van der Waals surface area contributed by atoms with E-state index in [1.165, 1.54) is 0 Å². The lowest BCUT2D eigenvalue weighted by atomic mass is 10.0. The molecule has 1 aliphatic heterocycles. The summed E-state index contributed by atoms with van der Waals surface area (Å²) < 4.78 is 12.0. The summed E-state index contributed by atoms with van der Waals surface area (Å²) in [6, 6.07) is 1.79. The minimum absolute atomic E-state index is 0.00769. The molecule has 18 heavy (non-hydrogen) atoms. The molecule has 2 rings (SSSR count). The van der Waals surface area contributed by atoms with Crippen LogP contribution in [0.15, 0.2) is 12.3 Å². The van der Waals surface area contributed by atoms with E-state index in [-0.39, 0.29) is 11.8 Å². The minimum atomic E-state index is -0.0529. The summed E-state index contributed by atoms with van der Waals surface area (Å²) in [6.45, 7) is 2.55. The number of nitrogens with one attached hydrogen (secondary N) is 1. The first-order valence-corrected chi connectivity index (χ1v) is 6.20. The molecule has 100 valence electrons. The Bertz CT molecular complexity index is 386. The largest absolute Gasteiger partial charge is 0.383 e. The molecule has 1 amide bonds. The highest BCUT2D eigenvalue weighted by atomic mass is 16.5. The average molecular weight is 253 g/mol. The number of anilines is 1. The van der Waals surface area contributed by atoms with Crippen LogP contribution in [0.1, 0.15) is 12.8 Å². The zero-order valence-corrected chi connectivity index (χ0v) is 10.6. The topological polar surface area (TPSA) is 65.4 Å². The number of hydrogen-bond acceptors (Lipinski definition) is 4. The molecule has 0 bridgehead atoms. The number of ether oxygens (including phenoxy) is 2. The number of carbonyl (C=O) groups excluding carboxylic acids is 1. The average Bonchev–Trinajstić information content (AvgIpc) is 2.85. The highest BCUT2D eigenvalue weighted by molar-refractivity contribution is 5.91. The highest BCUT2D eigenvalue weighted by Gasteiger charge is 2.22. The summed E-state index contributed by atoms with van der Waals surface area (Å²) >= 11 is 0. The van der Waals surface area contributed by atoms with Gasteiger partial charge in [0, 0.05) is 26.0 Å². The number of aromatic nitrogens is 2. The number of carbonyl (C=O) groups is 1. The quantitative estimate of drug-likeness (QED) is 0.846. The number of nitrogens with zero attached hydrogens (tertiary/aromatic N) is 2. The Kier molecular flexibility index (Phi) is 4.72. The van der Waals surface area contributed by atoms with Gasteiger partial charge in [-0.1, -0.05) is 0 Å². The van der Waals surface area contributed by atoms with E-state index in [2.05, 4.69) is 10.4 Å². The summed E-state index contributed by atoms with van der Waals surface area (Å²) in [5.41, 5.74) is 0. The van der Waals surface area contributed by atoms with E-state index < -0.39 is 0 Å². The predicted octanol–water partition coefficient (Wildman–Crippen LogP) is 0.895. The molecular weight excluding hydrogens is 234 g/mol. The van der Waals surface area contributed by atoms with Crippen LogP contribution in [0, 0.1) is 5.92 Å². The SMILES string of the molecule is COCCn1ccc(NC(=O)C2CCCOC2)n1. The van der Waals surface area contributed by atoms with Gasteiger partial charge in [0.1, 0.15) is 0 Å². The van der Waals surface area contributed by atoms with Crippen molar-refractivity contribution in [3.05, 3.63) is 12.3 Å². The van der Waals surface area contributed by atoms with E-state index in [4.69, 9.17) is 9.47 Å². The molecule has 0 aliphatic carbocycles. The van der Waals surface area contributed by atoms with Crippen molar-refractivity contribution in [2.45, 2.75) is 19.4 Å². The normalized spacial score (nSPS) is 19.7. The standard InChI is InChI=1S/C12H19N3O3/c1-17-8-6-15-5-4-11(14-15)13-12(16)10-3-2-7-18-9-10/h4-5,10H,2-3,6-9H2,1H3,(H,13,14,16). The van der Waals surface area contributed by atoms with Crippen molar-refractivity contribution in [2.24, 2.45) is 5.92 Å². The van der Waals surface area contributed by atoms with Crippen molar-refractivity contribution >= 4 is 11.7 Å². The minimum Gasteiger partial charge on any atom is -0.383 e. The molecule has 1 aliphatic rings. The molecule has 6 heteroatoms. The van der Waals surface area contributed by atoms with E-state index in [9.17, 15) is 4.79 Å². The van der Waals surface area contributed by atoms with Gasteiger partial charge in [-0.3, -0.25) is 9.48 Å². The number of amides is 1. The second-order valence-electron chi connectivity index (χ2n) is 4.36. The van der Waals surface area contributed by atoms with Crippen LogP contribution in [0.5, 0.6) is 0 Å². The molecule has 1 N–H and O–H groups in total. The van der Waals surface area contributed by atoms with Crippen molar-refractivity contribution in [2.75, 3.05) is 32.2 Å². The molecular formula is C12H19N3O3. The first-order chi connectivity index (χ1) is 8.79. The molecule has 0 saturated carbocycles. The third-order valence-corrected chi connectivity index (χ3v) is 2.95. The number of hydrogen-bond donors (Lipinski definition) is 1.